The van der Waals surface area contributed by atoms with Crippen LogP contribution in [0.2, 0.25) is 0 Å². The van der Waals surface area contributed by atoms with Gasteiger partial charge in [-0.15, -0.1) is 0 Å². The predicted octanol–water partition coefficient (Wildman–Crippen LogP) is 6.60. The van der Waals surface area contributed by atoms with E-state index in [0.717, 1.165) is 60.2 Å². The van der Waals surface area contributed by atoms with E-state index >= 15 is 0 Å². The number of likely N-dealkylation sites (tertiary alicyclic amines) is 1. The van der Waals surface area contributed by atoms with Crippen LogP contribution < -0.4 is 4.74 Å². The normalized spacial score (nSPS) is 19.1. The number of aromatic nitrogens is 1. The topological polar surface area (TPSA) is 38.5 Å². The van der Waals surface area contributed by atoms with Crippen LogP contribution in [-0.2, 0) is 6.42 Å². The first-order valence-corrected chi connectivity index (χ1v) is 12.2. The summed E-state index contributed by atoms with van der Waals surface area (Å²) >= 11 is 3.49. The van der Waals surface area contributed by atoms with Gasteiger partial charge in [0.15, 0.2) is 5.58 Å². The van der Waals surface area contributed by atoms with E-state index in [4.69, 9.17) is 9.26 Å². The van der Waals surface area contributed by atoms with Gasteiger partial charge in [0.25, 0.3) is 0 Å². The minimum atomic E-state index is -0.301. The summed E-state index contributed by atoms with van der Waals surface area (Å²) in [5.74, 6) is 0.914. The second-order valence-corrected chi connectivity index (χ2v) is 9.51. The van der Waals surface area contributed by atoms with Gasteiger partial charge in [-0.3, -0.25) is 0 Å². The van der Waals surface area contributed by atoms with E-state index in [1.807, 2.05) is 24.3 Å². The number of aryl methyl sites for hydroxylation is 1. The zero-order valence-electron chi connectivity index (χ0n) is 18.3. The van der Waals surface area contributed by atoms with Crippen molar-refractivity contribution in [1.82, 2.24) is 10.1 Å². The van der Waals surface area contributed by atoms with Gasteiger partial charge in [-0.25, -0.2) is 4.39 Å². The fourth-order valence-electron chi connectivity index (χ4n) is 4.66. The van der Waals surface area contributed by atoms with E-state index in [0.29, 0.717) is 11.5 Å². The average Bonchev–Trinajstić information content (AvgIpc) is 3.24. The van der Waals surface area contributed by atoms with Gasteiger partial charge in [-0.05, 0) is 67.8 Å². The predicted molar refractivity (Wildman–Crippen MR) is 131 cm³/mol. The largest absolute Gasteiger partial charge is 0.490 e. The summed E-state index contributed by atoms with van der Waals surface area (Å²) in [6, 6.07) is 23.4. The maximum Gasteiger partial charge on any atom is 0.170 e. The lowest BCUT2D eigenvalue weighted by Gasteiger charge is -2.39. The number of benzene rings is 3. The van der Waals surface area contributed by atoms with Gasteiger partial charge in [-0.1, -0.05) is 51.4 Å². The van der Waals surface area contributed by atoms with Gasteiger partial charge in [0.2, 0.25) is 0 Å². The lowest BCUT2D eigenvalue weighted by Crippen LogP contribution is -2.44. The number of piperidine rings is 1. The Kier molecular flexibility index (Phi) is 6.74. The van der Waals surface area contributed by atoms with Crippen molar-refractivity contribution in [3.05, 3.63) is 94.3 Å². The smallest absolute Gasteiger partial charge is 0.170 e. The van der Waals surface area contributed by atoms with E-state index < -0.39 is 0 Å². The van der Waals surface area contributed by atoms with Crippen LogP contribution in [0.3, 0.4) is 0 Å². The number of fused-ring (bicyclic) bond motifs is 1. The molecule has 0 spiro atoms. The fraction of sp³-hybridized carbons (Fsp3) is 0.296. The first-order chi connectivity index (χ1) is 16.2. The Morgan fingerprint density at radius 3 is 2.70 bits per heavy atom. The standard InChI is InChI=1S/C27H26BrFN2O2/c28-20-8-11-22(12-9-20)32-26-14-16-31(18-24(26)19-5-2-1-3-6-19)15-4-7-25-23-13-10-21(29)17-27(23)33-30-25/h1-3,5-6,8-13,17,24,26H,4,7,14-16,18H2/t24-,26-/m0/s1. The van der Waals surface area contributed by atoms with Crippen molar-refractivity contribution in [2.24, 2.45) is 0 Å². The van der Waals surface area contributed by atoms with Crippen LogP contribution in [0.1, 0.15) is 30.0 Å². The summed E-state index contributed by atoms with van der Waals surface area (Å²) in [6.45, 7) is 2.93. The van der Waals surface area contributed by atoms with Crippen LogP contribution in [0.25, 0.3) is 11.0 Å². The lowest BCUT2D eigenvalue weighted by molar-refractivity contribution is 0.0771. The second-order valence-electron chi connectivity index (χ2n) is 8.59. The van der Waals surface area contributed by atoms with Gasteiger partial charge in [0.1, 0.15) is 17.7 Å². The number of rotatable bonds is 7. The molecule has 0 radical (unpaired) electrons. The Bertz CT molecular complexity index is 1200. The van der Waals surface area contributed by atoms with E-state index in [-0.39, 0.29) is 11.9 Å². The van der Waals surface area contributed by atoms with Gasteiger partial charge in [0.05, 0.1) is 5.69 Å². The van der Waals surface area contributed by atoms with Crippen molar-refractivity contribution in [2.45, 2.75) is 31.3 Å². The summed E-state index contributed by atoms with van der Waals surface area (Å²) in [4.78, 5) is 2.51. The summed E-state index contributed by atoms with van der Waals surface area (Å²) in [5, 5.41) is 5.07. The Morgan fingerprint density at radius 1 is 1.06 bits per heavy atom. The third-order valence-corrected chi connectivity index (χ3v) is 6.89. The maximum atomic E-state index is 13.4. The van der Waals surface area contributed by atoms with Crippen molar-refractivity contribution in [1.29, 1.82) is 0 Å². The Labute approximate surface area is 201 Å². The molecule has 1 aliphatic rings. The molecule has 0 aliphatic carbocycles. The fourth-order valence-corrected chi connectivity index (χ4v) is 4.93. The minimum Gasteiger partial charge on any atom is -0.490 e. The Balaban J connectivity index is 1.24. The van der Waals surface area contributed by atoms with Crippen LogP contribution in [0.4, 0.5) is 4.39 Å². The zero-order chi connectivity index (χ0) is 22.6. The average molecular weight is 509 g/mol. The molecule has 3 aromatic carbocycles. The minimum absolute atomic E-state index is 0.138. The molecule has 5 rings (SSSR count). The highest BCUT2D eigenvalue weighted by atomic mass is 79.9. The van der Waals surface area contributed by atoms with Crippen LogP contribution in [0.5, 0.6) is 5.75 Å². The number of ether oxygens (including phenoxy) is 1. The molecule has 0 unspecified atom stereocenters. The molecule has 0 N–H and O–H groups in total. The highest BCUT2D eigenvalue weighted by molar-refractivity contribution is 9.10. The Morgan fingerprint density at radius 2 is 1.88 bits per heavy atom. The molecule has 0 saturated carbocycles. The van der Waals surface area contributed by atoms with Crippen LogP contribution in [0.15, 0.2) is 81.8 Å². The molecule has 0 bridgehead atoms. The molecule has 4 nitrogen and oxygen atoms in total. The summed E-state index contributed by atoms with van der Waals surface area (Å²) in [6.07, 6.45) is 2.89. The zero-order valence-corrected chi connectivity index (χ0v) is 19.9. The maximum absolute atomic E-state index is 13.4. The molecule has 1 aliphatic heterocycles. The number of nitrogens with zero attached hydrogens (tertiary/aromatic N) is 2. The van der Waals surface area contributed by atoms with Gasteiger partial charge in [-0.2, -0.15) is 0 Å². The van der Waals surface area contributed by atoms with Gasteiger partial charge >= 0.3 is 0 Å². The highest BCUT2D eigenvalue weighted by Crippen LogP contribution is 2.31. The second kappa shape index (κ2) is 10.1. The molecule has 33 heavy (non-hydrogen) atoms. The van der Waals surface area contributed by atoms with Crippen LogP contribution in [0, 0.1) is 5.82 Å². The first kappa shape index (κ1) is 22.1. The van der Waals surface area contributed by atoms with Crippen molar-refractivity contribution >= 4 is 26.9 Å². The van der Waals surface area contributed by atoms with Crippen LogP contribution in [-0.4, -0.2) is 35.8 Å². The van der Waals surface area contributed by atoms with E-state index in [2.05, 4.69) is 56.3 Å². The summed E-state index contributed by atoms with van der Waals surface area (Å²) in [5.41, 5.74) is 2.73. The lowest BCUT2D eigenvalue weighted by atomic mass is 9.87. The monoisotopic (exact) mass is 508 g/mol. The van der Waals surface area contributed by atoms with Gasteiger partial charge < -0.3 is 14.2 Å². The third kappa shape index (κ3) is 5.28. The summed E-state index contributed by atoms with van der Waals surface area (Å²) in [7, 11) is 0. The molecular weight excluding hydrogens is 483 g/mol. The van der Waals surface area contributed by atoms with Crippen molar-refractivity contribution in [3.63, 3.8) is 0 Å². The molecular formula is C27H26BrFN2O2. The molecule has 0 amide bonds. The van der Waals surface area contributed by atoms with Crippen molar-refractivity contribution in [3.8, 4) is 5.75 Å². The van der Waals surface area contributed by atoms with Crippen molar-refractivity contribution < 1.29 is 13.7 Å². The third-order valence-electron chi connectivity index (χ3n) is 6.36. The van der Waals surface area contributed by atoms with E-state index in [1.54, 1.807) is 6.07 Å². The quantitative estimate of drug-likeness (QED) is 0.282. The van der Waals surface area contributed by atoms with Gasteiger partial charge in [0, 0.05) is 34.9 Å². The molecule has 1 aromatic heterocycles. The van der Waals surface area contributed by atoms with Crippen molar-refractivity contribution in [2.75, 3.05) is 19.6 Å². The molecule has 6 heteroatoms. The van der Waals surface area contributed by atoms with Crippen LogP contribution >= 0.6 is 15.9 Å². The SMILES string of the molecule is Fc1ccc2c(CCCN3CC[C@H](Oc4ccc(Br)cc4)[C@H](c4ccccc4)C3)noc2c1. The number of halogens is 2. The first-order valence-electron chi connectivity index (χ1n) is 11.4. The highest BCUT2D eigenvalue weighted by Gasteiger charge is 2.32. The molecule has 4 aromatic rings. The molecule has 1 fully saturated rings. The number of hydrogen-bond acceptors (Lipinski definition) is 4. The summed E-state index contributed by atoms with van der Waals surface area (Å²) < 4.78 is 26.2. The van der Waals surface area contributed by atoms with E-state index in [9.17, 15) is 4.39 Å². The Hall–Kier alpha value is -2.70. The van der Waals surface area contributed by atoms with E-state index in [1.165, 1.54) is 17.7 Å². The molecule has 2 heterocycles. The molecule has 2 atom stereocenters. The molecule has 170 valence electrons. The molecule has 1 saturated heterocycles. The number of hydrogen-bond donors (Lipinski definition) is 0.